The molecule has 0 radical (unpaired) electrons. The Bertz CT molecular complexity index is 2000. The predicted octanol–water partition coefficient (Wildman–Crippen LogP) is 26.4. The van der Waals surface area contributed by atoms with Gasteiger partial charge in [0.05, 0.1) is 26.4 Å². The van der Waals surface area contributed by atoms with E-state index >= 15 is 0 Å². The number of aliphatic hydroxyl groups is 1. The van der Waals surface area contributed by atoms with Crippen LogP contribution in [0.3, 0.4) is 0 Å². The molecule has 105 heavy (non-hydrogen) atoms. The highest BCUT2D eigenvalue weighted by atomic mass is 31.2. The largest absolute Gasteiger partial charge is 0.472 e. The molecule has 17 nitrogen and oxygen atoms in total. The van der Waals surface area contributed by atoms with Gasteiger partial charge in [-0.05, 0) is 31.6 Å². The Morgan fingerprint density at radius 1 is 0.257 bits per heavy atom. The molecule has 0 aliphatic carbocycles. The zero-order valence-electron chi connectivity index (χ0n) is 68.9. The normalized spacial score (nSPS) is 13.8. The van der Waals surface area contributed by atoms with Crippen molar-refractivity contribution >= 4 is 39.5 Å². The average Bonchev–Trinajstić information content (AvgIpc) is 0.929. The molecule has 3 N–H and O–H groups in total. The number of carbonyl (C=O) groups is 4. The number of aliphatic hydroxyl groups excluding tert-OH is 1. The minimum absolute atomic E-state index is 0.108. The lowest BCUT2D eigenvalue weighted by atomic mass is 10.0. The van der Waals surface area contributed by atoms with Gasteiger partial charge < -0.3 is 33.8 Å². The summed E-state index contributed by atoms with van der Waals surface area (Å²) in [5.41, 5.74) is 0. The van der Waals surface area contributed by atoms with Crippen LogP contribution >= 0.6 is 15.6 Å². The van der Waals surface area contributed by atoms with E-state index < -0.39 is 97.5 Å². The van der Waals surface area contributed by atoms with Crippen LogP contribution in [0.15, 0.2) is 0 Å². The Balaban J connectivity index is 5.22. The maximum atomic E-state index is 13.1. The summed E-state index contributed by atoms with van der Waals surface area (Å²) in [4.78, 5) is 73.2. The van der Waals surface area contributed by atoms with Crippen molar-refractivity contribution in [2.24, 2.45) is 5.92 Å². The monoisotopic (exact) mass is 1540 g/mol. The Morgan fingerprint density at radius 2 is 0.438 bits per heavy atom. The molecule has 0 amide bonds. The van der Waals surface area contributed by atoms with E-state index in [4.69, 9.17) is 37.0 Å². The highest BCUT2D eigenvalue weighted by molar-refractivity contribution is 7.47. The number of hydrogen-bond donors (Lipinski definition) is 3. The second kappa shape index (κ2) is 78.7. The van der Waals surface area contributed by atoms with Crippen LogP contribution in [0.25, 0.3) is 0 Å². The first-order chi connectivity index (χ1) is 51.0. The van der Waals surface area contributed by atoms with E-state index in [9.17, 15) is 43.2 Å². The second-order valence-electron chi connectivity index (χ2n) is 31.4. The lowest BCUT2D eigenvalue weighted by Gasteiger charge is -2.21. The van der Waals surface area contributed by atoms with Crippen molar-refractivity contribution in [1.29, 1.82) is 0 Å². The fourth-order valence-electron chi connectivity index (χ4n) is 13.5. The lowest BCUT2D eigenvalue weighted by molar-refractivity contribution is -0.161. The van der Waals surface area contributed by atoms with E-state index in [0.29, 0.717) is 25.7 Å². The van der Waals surface area contributed by atoms with Crippen LogP contribution in [0.5, 0.6) is 0 Å². The zero-order valence-corrected chi connectivity index (χ0v) is 70.7. The number of ether oxygens (including phenoxy) is 4. The molecule has 624 valence electrons. The molecule has 0 rings (SSSR count). The molecule has 0 heterocycles. The van der Waals surface area contributed by atoms with Gasteiger partial charge in [0.25, 0.3) is 0 Å². The van der Waals surface area contributed by atoms with E-state index in [1.54, 1.807) is 0 Å². The van der Waals surface area contributed by atoms with Crippen LogP contribution in [-0.4, -0.2) is 96.7 Å². The predicted molar refractivity (Wildman–Crippen MR) is 432 cm³/mol. The fourth-order valence-corrected chi connectivity index (χ4v) is 15.1. The minimum atomic E-state index is -4.97. The summed E-state index contributed by atoms with van der Waals surface area (Å²) in [6.07, 6.45) is 72.3. The number of carbonyl (C=O) groups excluding carboxylic acids is 4. The van der Waals surface area contributed by atoms with Gasteiger partial charge in [0, 0.05) is 25.7 Å². The summed E-state index contributed by atoms with van der Waals surface area (Å²) in [7, 11) is -9.93. The smallest absolute Gasteiger partial charge is 0.462 e. The molecule has 0 spiro atoms. The van der Waals surface area contributed by atoms with Crippen LogP contribution < -0.4 is 0 Å². The van der Waals surface area contributed by atoms with E-state index in [1.807, 2.05) is 0 Å². The summed E-state index contributed by atoms with van der Waals surface area (Å²) in [5.74, 6) is -1.37. The topological polar surface area (TPSA) is 237 Å². The van der Waals surface area contributed by atoms with Crippen LogP contribution in [0.2, 0.25) is 0 Å². The van der Waals surface area contributed by atoms with Crippen molar-refractivity contribution in [3.8, 4) is 0 Å². The highest BCUT2D eigenvalue weighted by Crippen LogP contribution is 2.45. The Morgan fingerprint density at radius 3 is 0.648 bits per heavy atom. The molecule has 0 aromatic heterocycles. The van der Waals surface area contributed by atoms with Gasteiger partial charge in [-0.1, -0.05) is 413 Å². The Kier molecular flexibility index (Phi) is 77.3. The highest BCUT2D eigenvalue weighted by Gasteiger charge is 2.30. The van der Waals surface area contributed by atoms with Crippen molar-refractivity contribution in [1.82, 2.24) is 0 Å². The summed E-state index contributed by atoms with van der Waals surface area (Å²) < 4.78 is 68.9. The molecular formula is C86H168O17P2. The number of esters is 4. The van der Waals surface area contributed by atoms with Gasteiger partial charge in [-0.15, -0.1) is 0 Å². The summed E-state index contributed by atoms with van der Waals surface area (Å²) in [6, 6.07) is 0. The van der Waals surface area contributed by atoms with Gasteiger partial charge in [-0.25, -0.2) is 9.13 Å². The van der Waals surface area contributed by atoms with Crippen molar-refractivity contribution in [3.05, 3.63) is 0 Å². The number of hydrogen-bond acceptors (Lipinski definition) is 15. The molecule has 5 atom stereocenters. The van der Waals surface area contributed by atoms with Gasteiger partial charge >= 0.3 is 39.5 Å². The molecule has 0 aromatic carbocycles. The summed E-state index contributed by atoms with van der Waals surface area (Å²) >= 11 is 0. The molecule has 0 aromatic rings. The third-order valence-electron chi connectivity index (χ3n) is 20.3. The molecule has 0 aliphatic rings. The Labute approximate surface area is 645 Å². The van der Waals surface area contributed by atoms with Gasteiger partial charge in [-0.3, -0.25) is 37.3 Å². The fraction of sp³-hybridized carbons (Fsp3) is 0.953. The summed E-state index contributed by atoms with van der Waals surface area (Å²) in [5, 5.41) is 10.7. The molecule has 0 fully saturated rings. The van der Waals surface area contributed by atoms with Crippen molar-refractivity contribution in [2.45, 2.75) is 483 Å². The standard InChI is InChI=1S/C86H168O17P2/c1-6-9-12-15-18-21-24-27-30-32-34-35-36-37-39-41-44-47-50-57-62-67-72-86(91)102-81(75-96-83(88)69-64-59-54-48-45-43-40-38-33-31-28-25-22-19-16-13-10-7-2)77-100-104(92,93)98-73-80(87)74-99-105(94,95)101-78-82(76-97-84(89)70-65-60-55-52-51-53-58-63-68-79(4)5)103-85(90)71-66-61-56-49-46-42-29-26-23-20-17-14-11-8-3/h79-82,87H,6-78H2,1-5H3,(H,92,93)(H,94,95)/t80-,81-,82-/m1/s1. The van der Waals surface area contributed by atoms with Gasteiger partial charge in [-0.2, -0.15) is 0 Å². The number of unbranched alkanes of at least 4 members (excludes halogenated alkanes) is 58. The van der Waals surface area contributed by atoms with Crippen molar-refractivity contribution in [3.63, 3.8) is 0 Å². The van der Waals surface area contributed by atoms with E-state index in [1.165, 1.54) is 289 Å². The number of rotatable bonds is 86. The van der Waals surface area contributed by atoms with Crippen LogP contribution in [0.1, 0.15) is 465 Å². The zero-order chi connectivity index (χ0) is 76.9. The van der Waals surface area contributed by atoms with Gasteiger partial charge in [0.1, 0.15) is 19.3 Å². The van der Waals surface area contributed by atoms with Crippen LogP contribution in [-0.2, 0) is 65.4 Å². The molecule has 0 bridgehead atoms. The van der Waals surface area contributed by atoms with E-state index in [-0.39, 0.29) is 25.7 Å². The van der Waals surface area contributed by atoms with E-state index in [0.717, 1.165) is 95.8 Å². The molecule has 0 aliphatic heterocycles. The SMILES string of the molecule is CCCCCCCCCCCCCCCCCCCCCCCCC(=O)O[C@H](COC(=O)CCCCCCCCCCCCCCCCCCCC)COP(=O)(O)OC[C@@H](O)COP(=O)(O)OC[C@@H](COC(=O)CCCCCCCCCCC(C)C)OC(=O)CCCCCCCCCCCCCCCC. The first-order valence-corrected chi connectivity index (χ1v) is 47.6. The number of phosphoric ester groups is 2. The van der Waals surface area contributed by atoms with Gasteiger partial charge in [0.2, 0.25) is 0 Å². The Hall–Kier alpha value is -1.94. The first-order valence-electron chi connectivity index (χ1n) is 44.6. The molecule has 0 saturated heterocycles. The van der Waals surface area contributed by atoms with Crippen molar-refractivity contribution in [2.75, 3.05) is 39.6 Å². The summed E-state index contributed by atoms with van der Waals surface area (Å²) in [6.45, 7) is 7.33. The number of phosphoric acid groups is 2. The molecule has 2 unspecified atom stereocenters. The minimum Gasteiger partial charge on any atom is -0.462 e. The first kappa shape index (κ1) is 103. The van der Waals surface area contributed by atoms with Gasteiger partial charge in [0.15, 0.2) is 12.2 Å². The van der Waals surface area contributed by atoms with E-state index in [2.05, 4.69) is 34.6 Å². The van der Waals surface area contributed by atoms with Crippen molar-refractivity contribution < 1.29 is 80.2 Å². The maximum absolute atomic E-state index is 13.1. The lowest BCUT2D eigenvalue weighted by Crippen LogP contribution is -2.30. The molecule has 0 saturated carbocycles. The quantitative estimate of drug-likeness (QED) is 0.0222. The second-order valence-corrected chi connectivity index (χ2v) is 34.3. The average molecular weight is 1540 g/mol. The van der Waals surface area contributed by atoms with Crippen LogP contribution in [0.4, 0.5) is 0 Å². The van der Waals surface area contributed by atoms with Crippen LogP contribution in [0, 0.1) is 5.92 Å². The third-order valence-corrected chi connectivity index (χ3v) is 22.2. The maximum Gasteiger partial charge on any atom is 0.472 e. The molecular weight excluding hydrogens is 1370 g/mol. The molecule has 19 heteroatoms. The third kappa shape index (κ3) is 79.9.